The molecule has 2 heterocycles. The van der Waals surface area contributed by atoms with E-state index in [1.807, 2.05) is 7.05 Å². The summed E-state index contributed by atoms with van der Waals surface area (Å²) in [5.74, 6) is -0.383. The highest BCUT2D eigenvalue weighted by Gasteiger charge is 2.45. The topological polar surface area (TPSA) is 58.6 Å². The number of carbonyl (C=O) groups is 2. The zero-order chi connectivity index (χ0) is 13.5. The van der Waals surface area contributed by atoms with Gasteiger partial charge in [-0.15, -0.1) is 0 Å². The number of hydrogen-bond acceptors (Lipinski definition) is 4. The maximum Gasteiger partial charge on any atom is 0.261 e. The van der Waals surface area contributed by atoms with Crippen molar-refractivity contribution in [3.63, 3.8) is 0 Å². The Morgan fingerprint density at radius 2 is 1.79 bits per heavy atom. The minimum atomic E-state index is -0.192. The summed E-state index contributed by atoms with van der Waals surface area (Å²) in [4.78, 5) is 25.9. The van der Waals surface area contributed by atoms with E-state index in [0.29, 0.717) is 30.9 Å². The van der Waals surface area contributed by atoms with Gasteiger partial charge in [0.2, 0.25) is 0 Å². The van der Waals surface area contributed by atoms with Crippen LogP contribution in [0.1, 0.15) is 20.7 Å². The number of nitrogens with zero attached hydrogens (tertiary/aromatic N) is 1. The number of ether oxygens (including phenoxy) is 1. The molecule has 5 nitrogen and oxygen atoms in total. The predicted molar refractivity (Wildman–Crippen MR) is 69.0 cm³/mol. The highest BCUT2D eigenvalue weighted by atomic mass is 16.5. The second kappa shape index (κ2) is 4.43. The maximum atomic E-state index is 12.3. The lowest BCUT2D eigenvalue weighted by Crippen LogP contribution is -2.56. The van der Waals surface area contributed by atoms with E-state index in [2.05, 4.69) is 5.32 Å². The molecule has 1 aromatic rings. The molecule has 0 saturated carbocycles. The van der Waals surface area contributed by atoms with Gasteiger partial charge < -0.3 is 10.1 Å². The van der Waals surface area contributed by atoms with E-state index >= 15 is 0 Å². The molecule has 0 bridgehead atoms. The average molecular weight is 260 g/mol. The van der Waals surface area contributed by atoms with E-state index in [9.17, 15) is 9.59 Å². The molecule has 0 atom stereocenters. The van der Waals surface area contributed by atoms with Gasteiger partial charge in [-0.3, -0.25) is 14.5 Å². The van der Waals surface area contributed by atoms with Crippen LogP contribution in [0.25, 0.3) is 0 Å². The van der Waals surface area contributed by atoms with Crippen molar-refractivity contribution in [1.29, 1.82) is 0 Å². The van der Waals surface area contributed by atoms with Crippen molar-refractivity contribution >= 4 is 11.8 Å². The van der Waals surface area contributed by atoms with Gasteiger partial charge in [-0.2, -0.15) is 0 Å². The molecule has 0 aliphatic carbocycles. The quantitative estimate of drug-likeness (QED) is 0.802. The molecule has 0 radical (unpaired) electrons. The van der Waals surface area contributed by atoms with Crippen molar-refractivity contribution < 1.29 is 14.3 Å². The van der Waals surface area contributed by atoms with Crippen molar-refractivity contribution in [3.05, 3.63) is 35.4 Å². The lowest BCUT2D eigenvalue weighted by atomic mass is 9.85. The van der Waals surface area contributed by atoms with Crippen molar-refractivity contribution in [2.75, 3.05) is 33.4 Å². The third-order valence-corrected chi connectivity index (χ3v) is 3.74. The number of rotatable bonds is 4. The molecule has 5 heteroatoms. The summed E-state index contributed by atoms with van der Waals surface area (Å²) in [5, 5.41) is 3.11. The molecule has 19 heavy (non-hydrogen) atoms. The second-order valence-electron chi connectivity index (χ2n) is 5.27. The van der Waals surface area contributed by atoms with Crippen molar-refractivity contribution in [1.82, 2.24) is 10.2 Å². The summed E-state index contributed by atoms with van der Waals surface area (Å²) >= 11 is 0. The van der Waals surface area contributed by atoms with Gasteiger partial charge in [0.25, 0.3) is 11.8 Å². The number of carbonyl (C=O) groups excluding carboxylic acids is 2. The summed E-state index contributed by atoms with van der Waals surface area (Å²) in [6.07, 6.45) is 0. The van der Waals surface area contributed by atoms with Gasteiger partial charge in [0.15, 0.2) is 0 Å². The molecule has 1 saturated heterocycles. The second-order valence-corrected chi connectivity index (χ2v) is 5.27. The van der Waals surface area contributed by atoms with Crippen LogP contribution < -0.4 is 5.32 Å². The Hall–Kier alpha value is -1.72. The first-order chi connectivity index (χ1) is 9.17. The van der Waals surface area contributed by atoms with E-state index in [0.717, 1.165) is 6.54 Å². The fourth-order valence-corrected chi connectivity index (χ4v) is 2.73. The highest BCUT2D eigenvalue weighted by Crippen LogP contribution is 2.31. The van der Waals surface area contributed by atoms with Crippen LogP contribution in [0.15, 0.2) is 24.3 Å². The number of nitrogens with one attached hydrogen (secondary N) is 1. The fourth-order valence-electron chi connectivity index (χ4n) is 2.73. The molecule has 100 valence electrons. The van der Waals surface area contributed by atoms with Crippen molar-refractivity contribution in [3.8, 4) is 0 Å². The van der Waals surface area contributed by atoms with Crippen LogP contribution in [0, 0.1) is 5.41 Å². The van der Waals surface area contributed by atoms with E-state index in [1.165, 1.54) is 4.90 Å². The maximum absolute atomic E-state index is 12.3. The number of fused-ring (bicyclic) bond motifs is 1. The number of benzene rings is 1. The van der Waals surface area contributed by atoms with E-state index < -0.39 is 0 Å². The SMILES string of the molecule is CNCC1(CN2C(=O)c3ccccc3C2=O)COC1. The monoisotopic (exact) mass is 260 g/mol. The third-order valence-electron chi connectivity index (χ3n) is 3.74. The molecule has 2 amide bonds. The Bertz CT molecular complexity index is 502. The van der Waals surface area contributed by atoms with Crippen LogP contribution in [0.5, 0.6) is 0 Å². The highest BCUT2D eigenvalue weighted by molar-refractivity contribution is 6.21. The van der Waals surface area contributed by atoms with Gasteiger partial charge in [0.1, 0.15) is 0 Å². The molecule has 1 aromatic carbocycles. The van der Waals surface area contributed by atoms with E-state index in [-0.39, 0.29) is 17.2 Å². The summed E-state index contributed by atoms with van der Waals surface area (Å²) < 4.78 is 5.26. The fraction of sp³-hybridized carbons (Fsp3) is 0.429. The summed E-state index contributed by atoms with van der Waals surface area (Å²) in [5.41, 5.74) is 0.877. The molecule has 1 N–H and O–H groups in total. The predicted octanol–water partition coefficient (Wildman–Crippen LogP) is 0.519. The molecule has 1 fully saturated rings. The van der Waals surface area contributed by atoms with Crippen LogP contribution in [-0.4, -0.2) is 50.1 Å². The summed E-state index contributed by atoms with van der Waals surface area (Å²) in [6.45, 7) is 2.32. The van der Waals surface area contributed by atoms with E-state index in [1.54, 1.807) is 24.3 Å². The Kier molecular flexibility index (Phi) is 2.88. The first kappa shape index (κ1) is 12.3. The van der Waals surface area contributed by atoms with Crippen molar-refractivity contribution in [2.24, 2.45) is 5.41 Å². The Morgan fingerprint density at radius 1 is 1.21 bits per heavy atom. The molecule has 0 aromatic heterocycles. The normalized spacial score (nSPS) is 20.4. The zero-order valence-electron chi connectivity index (χ0n) is 10.8. The lowest BCUT2D eigenvalue weighted by Gasteiger charge is -2.43. The van der Waals surface area contributed by atoms with Crippen LogP contribution in [0.4, 0.5) is 0 Å². The van der Waals surface area contributed by atoms with Crippen LogP contribution in [-0.2, 0) is 4.74 Å². The van der Waals surface area contributed by atoms with Crippen LogP contribution in [0.3, 0.4) is 0 Å². The van der Waals surface area contributed by atoms with Crippen LogP contribution >= 0.6 is 0 Å². The molecular weight excluding hydrogens is 244 g/mol. The largest absolute Gasteiger partial charge is 0.380 e. The Labute approximate surface area is 111 Å². The van der Waals surface area contributed by atoms with Crippen LogP contribution in [0.2, 0.25) is 0 Å². The third kappa shape index (κ3) is 1.86. The first-order valence-electron chi connectivity index (χ1n) is 6.34. The summed E-state index contributed by atoms with van der Waals surface area (Å²) in [7, 11) is 1.86. The number of imide groups is 1. The Morgan fingerprint density at radius 3 is 2.21 bits per heavy atom. The number of hydrogen-bond donors (Lipinski definition) is 1. The van der Waals surface area contributed by atoms with Gasteiger partial charge in [-0.05, 0) is 19.2 Å². The minimum absolute atomic E-state index is 0.137. The van der Waals surface area contributed by atoms with Gasteiger partial charge in [-0.1, -0.05) is 12.1 Å². The molecule has 0 spiro atoms. The van der Waals surface area contributed by atoms with Gasteiger partial charge >= 0.3 is 0 Å². The van der Waals surface area contributed by atoms with Gasteiger partial charge in [-0.25, -0.2) is 0 Å². The zero-order valence-corrected chi connectivity index (χ0v) is 10.8. The first-order valence-corrected chi connectivity index (χ1v) is 6.34. The molecule has 2 aliphatic rings. The lowest BCUT2D eigenvalue weighted by molar-refractivity contribution is -0.116. The number of amides is 2. The molecule has 3 rings (SSSR count). The molecule has 2 aliphatic heterocycles. The van der Waals surface area contributed by atoms with Gasteiger partial charge in [0, 0.05) is 18.5 Å². The van der Waals surface area contributed by atoms with Gasteiger partial charge in [0.05, 0.1) is 24.3 Å². The Balaban J connectivity index is 1.84. The minimum Gasteiger partial charge on any atom is -0.380 e. The van der Waals surface area contributed by atoms with E-state index in [4.69, 9.17) is 4.74 Å². The molecule has 0 unspecified atom stereocenters. The summed E-state index contributed by atoms with van der Waals surface area (Å²) in [6, 6.07) is 6.97. The molecular formula is C14H16N2O3. The average Bonchev–Trinajstić information content (AvgIpc) is 2.62. The smallest absolute Gasteiger partial charge is 0.261 e. The van der Waals surface area contributed by atoms with Crippen molar-refractivity contribution in [2.45, 2.75) is 0 Å². The standard InChI is InChI=1S/C14H16N2O3/c1-15-6-14(8-19-9-14)7-16-12(17)10-4-2-3-5-11(10)13(16)18/h2-5,15H,6-9H2,1H3.